The van der Waals surface area contributed by atoms with E-state index in [0.717, 1.165) is 30.3 Å². The minimum Gasteiger partial charge on any atom is -0.467 e. The van der Waals surface area contributed by atoms with Crippen LogP contribution in [-0.2, 0) is 11.3 Å². The number of ether oxygens (including phenoxy) is 1. The molecule has 0 amide bonds. The molecule has 8 nitrogen and oxygen atoms in total. The first-order valence-corrected chi connectivity index (χ1v) is 7.69. The van der Waals surface area contributed by atoms with E-state index in [-0.39, 0.29) is 5.28 Å². The van der Waals surface area contributed by atoms with Gasteiger partial charge in [0.1, 0.15) is 11.3 Å². The number of morpholine rings is 1. The van der Waals surface area contributed by atoms with Crippen molar-refractivity contribution in [1.82, 2.24) is 19.9 Å². The van der Waals surface area contributed by atoms with Crippen molar-refractivity contribution in [2.24, 2.45) is 0 Å². The second-order valence-electron chi connectivity index (χ2n) is 5.13. The smallest absolute Gasteiger partial charge is 0.226 e. The van der Waals surface area contributed by atoms with E-state index in [0.29, 0.717) is 31.2 Å². The molecule has 0 atom stereocenters. The lowest BCUT2D eigenvalue weighted by atomic mass is 10.4. The fourth-order valence-corrected chi connectivity index (χ4v) is 2.66. The van der Waals surface area contributed by atoms with Gasteiger partial charge in [-0.3, -0.25) is 0 Å². The first-order chi connectivity index (χ1) is 11.3. The highest BCUT2D eigenvalue weighted by atomic mass is 35.5. The van der Waals surface area contributed by atoms with Crippen molar-refractivity contribution in [3.05, 3.63) is 29.4 Å². The van der Waals surface area contributed by atoms with Crippen LogP contribution < -0.4 is 10.2 Å². The molecule has 2 N–H and O–H groups in total. The van der Waals surface area contributed by atoms with E-state index in [4.69, 9.17) is 20.8 Å². The van der Waals surface area contributed by atoms with Crippen LogP contribution in [0.2, 0.25) is 5.28 Å². The molecule has 0 spiro atoms. The summed E-state index contributed by atoms with van der Waals surface area (Å²) in [5.41, 5.74) is 1.26. The fourth-order valence-electron chi connectivity index (χ4n) is 2.50. The number of anilines is 2. The van der Waals surface area contributed by atoms with Gasteiger partial charge >= 0.3 is 0 Å². The molecular formula is C14H15ClN6O2. The summed E-state index contributed by atoms with van der Waals surface area (Å²) >= 11 is 6.01. The lowest BCUT2D eigenvalue weighted by Crippen LogP contribution is -2.36. The van der Waals surface area contributed by atoms with Gasteiger partial charge in [0.2, 0.25) is 11.2 Å². The number of nitrogens with one attached hydrogen (secondary N) is 2. The number of furan rings is 1. The van der Waals surface area contributed by atoms with Crippen molar-refractivity contribution in [2.75, 3.05) is 36.5 Å². The zero-order chi connectivity index (χ0) is 15.6. The summed E-state index contributed by atoms with van der Waals surface area (Å²) in [4.78, 5) is 18.3. The highest BCUT2D eigenvalue weighted by Crippen LogP contribution is 2.24. The highest BCUT2D eigenvalue weighted by molar-refractivity contribution is 6.28. The second kappa shape index (κ2) is 6.05. The van der Waals surface area contributed by atoms with Gasteiger partial charge in [0.05, 0.1) is 26.0 Å². The fraction of sp³-hybridized carbons (Fsp3) is 0.357. The molecule has 1 aliphatic rings. The Kier molecular flexibility index (Phi) is 3.76. The molecule has 0 aliphatic carbocycles. The molecule has 23 heavy (non-hydrogen) atoms. The van der Waals surface area contributed by atoms with Crippen LogP contribution in [-0.4, -0.2) is 46.2 Å². The standard InChI is InChI=1S/C14H15ClN6O2/c15-13-18-11(16-8-9-2-1-5-23-9)10-12(19-13)20-14(17-10)21-3-6-22-7-4-21/h1-2,5H,3-4,6-8H2,(H2,16,17,18,19,20). The van der Waals surface area contributed by atoms with Crippen LogP contribution >= 0.6 is 11.6 Å². The van der Waals surface area contributed by atoms with Crippen LogP contribution in [0.25, 0.3) is 11.2 Å². The topological polar surface area (TPSA) is 92.1 Å². The van der Waals surface area contributed by atoms with Gasteiger partial charge in [0.15, 0.2) is 11.5 Å². The summed E-state index contributed by atoms with van der Waals surface area (Å²) in [7, 11) is 0. The Balaban J connectivity index is 1.64. The Bertz CT molecular complexity index is 797. The van der Waals surface area contributed by atoms with Crippen molar-refractivity contribution in [3.63, 3.8) is 0 Å². The molecule has 9 heteroatoms. The minimum absolute atomic E-state index is 0.152. The first kappa shape index (κ1) is 14.3. The lowest BCUT2D eigenvalue weighted by Gasteiger charge is -2.25. The van der Waals surface area contributed by atoms with Gasteiger partial charge in [-0.05, 0) is 23.7 Å². The Morgan fingerprint density at radius 3 is 2.91 bits per heavy atom. The maximum atomic E-state index is 6.01. The van der Waals surface area contributed by atoms with Crippen LogP contribution in [0.1, 0.15) is 5.76 Å². The quantitative estimate of drug-likeness (QED) is 0.705. The maximum absolute atomic E-state index is 6.01. The Hall–Kier alpha value is -2.32. The number of aromatic amines is 1. The molecule has 1 saturated heterocycles. The largest absolute Gasteiger partial charge is 0.467 e. The molecule has 0 bridgehead atoms. The molecule has 0 unspecified atom stereocenters. The molecular weight excluding hydrogens is 320 g/mol. The van der Waals surface area contributed by atoms with Gasteiger partial charge in [0, 0.05) is 13.1 Å². The summed E-state index contributed by atoms with van der Waals surface area (Å²) in [5, 5.41) is 3.36. The third-order valence-electron chi connectivity index (χ3n) is 3.63. The van der Waals surface area contributed by atoms with E-state index in [1.807, 2.05) is 12.1 Å². The molecule has 0 aromatic carbocycles. The average Bonchev–Trinajstić information content (AvgIpc) is 3.22. The van der Waals surface area contributed by atoms with Gasteiger partial charge in [0.25, 0.3) is 0 Å². The molecule has 1 fully saturated rings. The van der Waals surface area contributed by atoms with E-state index in [1.165, 1.54) is 0 Å². The number of hydrogen-bond donors (Lipinski definition) is 2. The van der Waals surface area contributed by atoms with Gasteiger partial charge in [-0.2, -0.15) is 15.0 Å². The summed E-state index contributed by atoms with van der Waals surface area (Å²) < 4.78 is 10.7. The van der Waals surface area contributed by atoms with E-state index >= 15 is 0 Å². The van der Waals surface area contributed by atoms with E-state index in [1.54, 1.807) is 6.26 Å². The predicted octanol–water partition coefficient (Wildman–Crippen LogP) is 2.05. The van der Waals surface area contributed by atoms with Crippen LogP contribution in [0.15, 0.2) is 22.8 Å². The van der Waals surface area contributed by atoms with Gasteiger partial charge < -0.3 is 24.4 Å². The molecule has 1 aliphatic heterocycles. The Morgan fingerprint density at radius 1 is 1.26 bits per heavy atom. The van der Waals surface area contributed by atoms with Crippen LogP contribution in [0, 0.1) is 0 Å². The van der Waals surface area contributed by atoms with Crippen LogP contribution in [0.4, 0.5) is 11.8 Å². The number of imidazole rings is 1. The Labute approximate surface area is 136 Å². The minimum atomic E-state index is 0.152. The number of hydrogen-bond acceptors (Lipinski definition) is 7. The second-order valence-corrected chi connectivity index (χ2v) is 5.47. The zero-order valence-corrected chi connectivity index (χ0v) is 13.0. The molecule has 0 saturated carbocycles. The monoisotopic (exact) mass is 334 g/mol. The van der Waals surface area contributed by atoms with E-state index < -0.39 is 0 Å². The van der Waals surface area contributed by atoms with E-state index in [9.17, 15) is 0 Å². The molecule has 4 rings (SSSR count). The van der Waals surface area contributed by atoms with Crippen molar-refractivity contribution in [3.8, 4) is 0 Å². The number of nitrogens with zero attached hydrogens (tertiary/aromatic N) is 4. The predicted molar refractivity (Wildman–Crippen MR) is 85.8 cm³/mol. The van der Waals surface area contributed by atoms with Crippen molar-refractivity contribution >= 4 is 34.5 Å². The molecule has 3 aromatic heterocycles. The van der Waals surface area contributed by atoms with Crippen LogP contribution in [0.3, 0.4) is 0 Å². The molecule has 0 radical (unpaired) electrons. The van der Waals surface area contributed by atoms with Gasteiger partial charge in [-0.15, -0.1) is 0 Å². The number of halogens is 1. The van der Waals surface area contributed by atoms with Crippen molar-refractivity contribution < 1.29 is 9.15 Å². The lowest BCUT2D eigenvalue weighted by molar-refractivity contribution is 0.122. The van der Waals surface area contributed by atoms with Gasteiger partial charge in [-0.1, -0.05) is 0 Å². The highest BCUT2D eigenvalue weighted by Gasteiger charge is 2.18. The van der Waals surface area contributed by atoms with E-state index in [2.05, 4.69) is 30.2 Å². The summed E-state index contributed by atoms with van der Waals surface area (Å²) in [6.45, 7) is 3.45. The molecule has 3 aromatic rings. The molecule has 120 valence electrons. The van der Waals surface area contributed by atoms with Crippen LogP contribution in [0.5, 0.6) is 0 Å². The van der Waals surface area contributed by atoms with Crippen molar-refractivity contribution in [1.29, 1.82) is 0 Å². The SMILES string of the molecule is Clc1nc(NCc2ccco2)c2[nH]c(N3CCOCC3)nc2n1. The third kappa shape index (κ3) is 2.95. The average molecular weight is 335 g/mol. The Morgan fingerprint density at radius 2 is 2.13 bits per heavy atom. The molecule has 4 heterocycles. The number of H-pyrrole nitrogens is 1. The summed E-state index contributed by atoms with van der Waals surface area (Å²) in [6.07, 6.45) is 1.63. The summed E-state index contributed by atoms with van der Waals surface area (Å²) in [6, 6.07) is 3.73. The number of rotatable bonds is 4. The summed E-state index contributed by atoms with van der Waals surface area (Å²) in [5.74, 6) is 2.16. The normalized spacial score (nSPS) is 15.3. The van der Waals surface area contributed by atoms with Crippen molar-refractivity contribution in [2.45, 2.75) is 6.54 Å². The first-order valence-electron chi connectivity index (χ1n) is 7.32. The number of fused-ring (bicyclic) bond motifs is 1. The zero-order valence-electron chi connectivity index (χ0n) is 12.3. The van der Waals surface area contributed by atoms with Gasteiger partial charge in [-0.25, -0.2) is 0 Å². The maximum Gasteiger partial charge on any atom is 0.226 e. The number of aromatic nitrogens is 4. The third-order valence-corrected chi connectivity index (χ3v) is 3.80.